The van der Waals surface area contributed by atoms with Gasteiger partial charge in [-0.1, -0.05) is 19.8 Å². The predicted molar refractivity (Wildman–Crippen MR) is 72.2 cm³/mol. The van der Waals surface area contributed by atoms with Gasteiger partial charge in [-0.25, -0.2) is 0 Å². The van der Waals surface area contributed by atoms with Crippen molar-refractivity contribution >= 4 is 5.97 Å². The molecule has 3 atom stereocenters. The fraction of sp³-hybridized carbons (Fsp3) is 0.929. The lowest BCUT2D eigenvalue weighted by Crippen LogP contribution is -2.48. The summed E-state index contributed by atoms with van der Waals surface area (Å²) in [7, 11) is 1.60. The van der Waals surface area contributed by atoms with Crippen LogP contribution >= 0.6 is 0 Å². The Morgan fingerprint density at radius 2 is 2.15 bits per heavy atom. The number of aliphatic hydroxyl groups excluding tert-OH is 1. The van der Waals surface area contributed by atoms with Gasteiger partial charge >= 0.3 is 5.97 Å². The van der Waals surface area contributed by atoms with Gasteiger partial charge in [0.15, 0.2) is 0 Å². The van der Waals surface area contributed by atoms with E-state index < -0.39 is 12.2 Å². The molecular formula is C14H26O6. The Morgan fingerprint density at radius 1 is 1.35 bits per heavy atom. The van der Waals surface area contributed by atoms with Crippen LogP contribution in [0.2, 0.25) is 0 Å². The van der Waals surface area contributed by atoms with Crippen LogP contribution in [0, 0.1) is 0 Å². The molecule has 0 saturated carbocycles. The van der Waals surface area contributed by atoms with Crippen molar-refractivity contribution in [2.24, 2.45) is 0 Å². The van der Waals surface area contributed by atoms with E-state index in [0.29, 0.717) is 19.6 Å². The Balaban J connectivity index is 2.37. The van der Waals surface area contributed by atoms with Gasteiger partial charge in [-0.2, -0.15) is 0 Å². The maximum atomic E-state index is 11.4. The van der Waals surface area contributed by atoms with E-state index in [9.17, 15) is 9.90 Å². The summed E-state index contributed by atoms with van der Waals surface area (Å²) >= 11 is 0. The molecule has 0 radical (unpaired) electrons. The maximum absolute atomic E-state index is 11.4. The number of methoxy groups -OCH3 is 1. The topological polar surface area (TPSA) is 74.2 Å². The second-order valence-electron chi connectivity index (χ2n) is 4.95. The smallest absolute Gasteiger partial charge is 0.308 e. The van der Waals surface area contributed by atoms with Crippen molar-refractivity contribution in [3.05, 3.63) is 0 Å². The van der Waals surface area contributed by atoms with E-state index in [4.69, 9.17) is 18.9 Å². The first-order valence-electron chi connectivity index (χ1n) is 7.24. The molecule has 1 rings (SSSR count). The normalized spacial score (nSPS) is 26.6. The van der Waals surface area contributed by atoms with E-state index in [-0.39, 0.29) is 25.3 Å². The van der Waals surface area contributed by atoms with Crippen LogP contribution in [0.1, 0.15) is 39.0 Å². The van der Waals surface area contributed by atoms with Crippen LogP contribution in [-0.2, 0) is 23.7 Å². The highest BCUT2D eigenvalue weighted by Crippen LogP contribution is 2.23. The zero-order valence-corrected chi connectivity index (χ0v) is 12.4. The van der Waals surface area contributed by atoms with E-state index in [1.54, 1.807) is 7.11 Å². The first-order valence-corrected chi connectivity index (χ1v) is 7.24. The van der Waals surface area contributed by atoms with E-state index >= 15 is 0 Å². The second kappa shape index (κ2) is 10.1. The van der Waals surface area contributed by atoms with E-state index in [1.807, 2.05) is 0 Å². The number of unbranched alkanes of at least 4 members (excludes halogenated alkanes) is 2. The van der Waals surface area contributed by atoms with Gasteiger partial charge in [0.25, 0.3) is 0 Å². The highest BCUT2D eigenvalue weighted by atomic mass is 16.7. The van der Waals surface area contributed by atoms with Crippen molar-refractivity contribution in [2.45, 2.75) is 57.3 Å². The number of hydrogen-bond donors (Lipinski definition) is 1. The molecule has 0 amide bonds. The number of carbonyl (C=O) groups excluding carboxylic acids is 1. The maximum Gasteiger partial charge on any atom is 0.308 e. The standard InChI is InChI=1S/C14H26O6/c1-3-4-5-6-12-14(11(15)9-13(16)20-12)19-10-18-8-7-17-2/h11-12,14-15H,3-10H2,1-2H3/t11-,12+,14+/m1/s1. The highest BCUT2D eigenvalue weighted by Gasteiger charge is 2.38. The summed E-state index contributed by atoms with van der Waals surface area (Å²) in [6.45, 7) is 3.09. The van der Waals surface area contributed by atoms with Gasteiger partial charge in [0.1, 0.15) is 19.0 Å². The molecule has 1 saturated heterocycles. The van der Waals surface area contributed by atoms with Gasteiger partial charge in [-0.3, -0.25) is 4.79 Å². The average molecular weight is 290 g/mol. The molecule has 20 heavy (non-hydrogen) atoms. The molecule has 0 aromatic carbocycles. The minimum Gasteiger partial charge on any atom is -0.459 e. The zero-order chi connectivity index (χ0) is 14.8. The summed E-state index contributed by atoms with van der Waals surface area (Å²) in [4.78, 5) is 11.4. The van der Waals surface area contributed by atoms with E-state index in [2.05, 4.69) is 6.92 Å². The molecule has 6 nitrogen and oxygen atoms in total. The monoisotopic (exact) mass is 290 g/mol. The number of carbonyl (C=O) groups is 1. The SMILES string of the molecule is CCCCC[C@@H]1OC(=O)C[C@@H](O)[C@@H]1OCOCCOC. The number of ether oxygens (including phenoxy) is 4. The molecule has 0 aromatic rings. The van der Waals surface area contributed by atoms with Gasteiger partial charge in [-0.05, 0) is 12.8 Å². The van der Waals surface area contributed by atoms with Crippen molar-refractivity contribution in [3.8, 4) is 0 Å². The van der Waals surface area contributed by atoms with Crippen molar-refractivity contribution in [1.82, 2.24) is 0 Å². The number of rotatable bonds is 10. The molecule has 0 bridgehead atoms. The number of cyclic esters (lactones) is 1. The molecule has 1 N–H and O–H groups in total. The summed E-state index contributed by atoms with van der Waals surface area (Å²) in [5.41, 5.74) is 0. The van der Waals surface area contributed by atoms with Crippen molar-refractivity contribution in [3.63, 3.8) is 0 Å². The first-order chi connectivity index (χ1) is 9.69. The van der Waals surface area contributed by atoms with E-state index in [1.165, 1.54) is 0 Å². The van der Waals surface area contributed by atoms with Crippen LogP contribution in [-0.4, -0.2) is 56.5 Å². The lowest BCUT2D eigenvalue weighted by atomic mass is 9.97. The summed E-state index contributed by atoms with van der Waals surface area (Å²) in [5, 5.41) is 9.96. The third-order valence-corrected chi connectivity index (χ3v) is 3.27. The number of aliphatic hydroxyl groups is 1. The van der Waals surface area contributed by atoms with Crippen LogP contribution in [0.4, 0.5) is 0 Å². The van der Waals surface area contributed by atoms with Gasteiger partial charge in [0.05, 0.1) is 25.7 Å². The Labute approximate surface area is 120 Å². The molecule has 118 valence electrons. The molecule has 0 aliphatic carbocycles. The van der Waals surface area contributed by atoms with Crippen LogP contribution < -0.4 is 0 Å². The zero-order valence-electron chi connectivity index (χ0n) is 12.4. The quantitative estimate of drug-likeness (QED) is 0.371. The number of hydrogen-bond acceptors (Lipinski definition) is 6. The Morgan fingerprint density at radius 3 is 2.85 bits per heavy atom. The molecule has 6 heteroatoms. The van der Waals surface area contributed by atoms with Gasteiger partial charge in [0, 0.05) is 7.11 Å². The first kappa shape index (κ1) is 17.4. The van der Waals surface area contributed by atoms with Gasteiger partial charge < -0.3 is 24.1 Å². The summed E-state index contributed by atoms with van der Waals surface area (Å²) in [6.07, 6.45) is 2.08. The van der Waals surface area contributed by atoms with Crippen LogP contribution in [0.3, 0.4) is 0 Å². The van der Waals surface area contributed by atoms with Crippen LogP contribution in [0.15, 0.2) is 0 Å². The third kappa shape index (κ3) is 6.17. The molecule has 0 unspecified atom stereocenters. The lowest BCUT2D eigenvalue weighted by Gasteiger charge is -2.34. The second-order valence-corrected chi connectivity index (χ2v) is 4.95. The number of esters is 1. The molecule has 1 fully saturated rings. The summed E-state index contributed by atoms with van der Waals surface area (Å²) < 4.78 is 20.9. The minimum atomic E-state index is -0.825. The third-order valence-electron chi connectivity index (χ3n) is 3.27. The predicted octanol–water partition coefficient (Wildman–Crippen LogP) is 1.25. The largest absolute Gasteiger partial charge is 0.459 e. The lowest BCUT2D eigenvalue weighted by molar-refractivity contribution is -0.205. The molecular weight excluding hydrogens is 264 g/mol. The van der Waals surface area contributed by atoms with Gasteiger partial charge in [-0.15, -0.1) is 0 Å². The molecule has 1 aliphatic heterocycles. The molecule has 0 aromatic heterocycles. The Bertz CT molecular complexity index is 270. The highest BCUT2D eigenvalue weighted by molar-refractivity contribution is 5.71. The fourth-order valence-corrected chi connectivity index (χ4v) is 2.18. The Kier molecular flexibility index (Phi) is 8.77. The van der Waals surface area contributed by atoms with Gasteiger partial charge in [0.2, 0.25) is 0 Å². The Hall–Kier alpha value is -0.690. The summed E-state index contributed by atoms with van der Waals surface area (Å²) in [5.74, 6) is -0.362. The van der Waals surface area contributed by atoms with Crippen molar-refractivity contribution in [1.29, 1.82) is 0 Å². The van der Waals surface area contributed by atoms with Crippen LogP contribution in [0.5, 0.6) is 0 Å². The van der Waals surface area contributed by atoms with E-state index in [0.717, 1.165) is 19.3 Å². The fourth-order valence-electron chi connectivity index (χ4n) is 2.18. The minimum absolute atomic E-state index is 0.0208. The molecule has 0 spiro atoms. The van der Waals surface area contributed by atoms with Crippen molar-refractivity contribution < 1.29 is 28.8 Å². The molecule has 1 heterocycles. The molecule has 1 aliphatic rings. The summed E-state index contributed by atoms with van der Waals surface area (Å²) in [6, 6.07) is 0. The van der Waals surface area contributed by atoms with Crippen molar-refractivity contribution in [2.75, 3.05) is 27.1 Å². The average Bonchev–Trinajstić information content (AvgIpc) is 2.41. The van der Waals surface area contributed by atoms with Crippen LogP contribution in [0.25, 0.3) is 0 Å².